The summed E-state index contributed by atoms with van der Waals surface area (Å²) in [7, 11) is 0. The number of rotatable bonds is 2. The Morgan fingerprint density at radius 3 is 2.86 bits per heavy atom. The van der Waals surface area contributed by atoms with Crippen LogP contribution in [0.2, 0.25) is 0 Å². The molecule has 1 saturated heterocycles. The molecule has 4 heteroatoms. The third-order valence-corrected chi connectivity index (χ3v) is 3.36. The van der Waals surface area contributed by atoms with Gasteiger partial charge in [-0.2, -0.15) is 11.3 Å². The molecule has 1 aliphatic rings. The lowest BCUT2D eigenvalue weighted by Crippen LogP contribution is -2.38. The zero-order valence-corrected chi connectivity index (χ0v) is 8.60. The lowest BCUT2D eigenvalue weighted by Gasteiger charge is -2.19. The molecule has 0 saturated carbocycles. The van der Waals surface area contributed by atoms with Crippen LogP contribution in [0.25, 0.3) is 0 Å². The Morgan fingerprint density at radius 2 is 2.43 bits per heavy atom. The van der Waals surface area contributed by atoms with Gasteiger partial charge in [0.1, 0.15) is 0 Å². The first-order valence-corrected chi connectivity index (χ1v) is 5.33. The Morgan fingerprint density at radius 1 is 1.64 bits per heavy atom. The molecule has 1 fully saturated rings. The number of hydrogen-bond acceptors (Lipinski definition) is 4. The third kappa shape index (κ3) is 1.10. The second kappa shape index (κ2) is 3.20. The van der Waals surface area contributed by atoms with Gasteiger partial charge in [0.25, 0.3) is 0 Å². The Kier molecular flexibility index (Phi) is 2.15. The van der Waals surface area contributed by atoms with Crippen LogP contribution in [0.3, 0.4) is 0 Å². The Labute approximate surface area is 85.7 Å². The van der Waals surface area contributed by atoms with Crippen LogP contribution < -0.4 is 0 Å². The van der Waals surface area contributed by atoms with Crippen LogP contribution >= 0.6 is 11.3 Å². The van der Waals surface area contributed by atoms with Crippen LogP contribution in [0, 0.1) is 0 Å². The fourth-order valence-electron chi connectivity index (χ4n) is 1.81. The summed E-state index contributed by atoms with van der Waals surface area (Å²) in [4.78, 5) is 23.2. The smallest absolute Gasteiger partial charge is 0.324 e. The number of thiophene rings is 1. The molecule has 2 rings (SSSR count). The number of cyclic esters (lactones) is 1. The normalized spacial score (nSPS) is 26.2. The molecule has 1 aromatic rings. The summed E-state index contributed by atoms with van der Waals surface area (Å²) >= 11 is 1.48. The van der Waals surface area contributed by atoms with E-state index < -0.39 is 11.4 Å². The molecular weight excluding hydrogens is 200 g/mol. The summed E-state index contributed by atoms with van der Waals surface area (Å²) < 4.78 is 4.90. The molecule has 74 valence electrons. The monoisotopic (exact) mass is 210 g/mol. The average molecular weight is 210 g/mol. The molecule has 3 nitrogen and oxygen atoms in total. The lowest BCUT2D eigenvalue weighted by molar-refractivity contribution is -0.146. The van der Waals surface area contributed by atoms with Gasteiger partial charge in [0, 0.05) is 6.42 Å². The van der Waals surface area contributed by atoms with Gasteiger partial charge < -0.3 is 4.74 Å². The highest BCUT2D eigenvalue weighted by Gasteiger charge is 2.50. The highest BCUT2D eigenvalue weighted by atomic mass is 32.1. The van der Waals surface area contributed by atoms with Crippen LogP contribution in [0.4, 0.5) is 0 Å². The maximum atomic E-state index is 11.6. The van der Waals surface area contributed by atoms with Gasteiger partial charge in [0.05, 0.1) is 6.61 Å². The van der Waals surface area contributed by atoms with Crippen LogP contribution in [0.1, 0.15) is 18.9 Å². The lowest BCUT2D eigenvalue weighted by atomic mass is 9.77. The van der Waals surface area contributed by atoms with E-state index in [0.717, 1.165) is 5.56 Å². The predicted molar refractivity (Wildman–Crippen MR) is 52.3 cm³/mol. The summed E-state index contributed by atoms with van der Waals surface area (Å²) in [5.74, 6) is -0.526. The van der Waals surface area contributed by atoms with E-state index in [4.69, 9.17) is 4.74 Å². The number of carbonyl (C=O) groups is 2. The topological polar surface area (TPSA) is 43.4 Å². The Balaban J connectivity index is 2.52. The standard InChI is InChI=1S/C10H10O3S/c1-7(11)10(3-4-13-9(10)12)8-2-5-14-6-8/h2,5-6H,3-4H2,1H3/t10-/m0/s1. The zero-order chi connectivity index (χ0) is 10.2. The largest absolute Gasteiger partial charge is 0.465 e. The van der Waals surface area contributed by atoms with Crippen molar-refractivity contribution in [2.75, 3.05) is 6.61 Å². The minimum absolute atomic E-state index is 0.126. The fraction of sp³-hybridized carbons (Fsp3) is 0.400. The van der Waals surface area contributed by atoms with E-state index in [-0.39, 0.29) is 5.78 Å². The average Bonchev–Trinajstić information content (AvgIpc) is 2.72. The molecule has 0 unspecified atom stereocenters. The maximum absolute atomic E-state index is 11.6. The summed E-state index contributed by atoms with van der Waals surface area (Å²) in [6.07, 6.45) is 0.470. The van der Waals surface area contributed by atoms with Crippen molar-refractivity contribution in [2.24, 2.45) is 0 Å². The van der Waals surface area contributed by atoms with E-state index >= 15 is 0 Å². The SMILES string of the molecule is CC(=O)[C@]1(c2ccsc2)CCOC1=O. The van der Waals surface area contributed by atoms with Crippen molar-refractivity contribution in [2.45, 2.75) is 18.8 Å². The Bertz CT molecular complexity index is 369. The highest BCUT2D eigenvalue weighted by molar-refractivity contribution is 7.08. The first-order chi connectivity index (χ1) is 6.68. The molecule has 0 amide bonds. The highest BCUT2D eigenvalue weighted by Crippen LogP contribution is 2.36. The van der Waals surface area contributed by atoms with Crippen molar-refractivity contribution in [3.63, 3.8) is 0 Å². The predicted octanol–water partition coefficient (Wildman–Crippen LogP) is 1.52. The van der Waals surface area contributed by atoms with Crippen LogP contribution in [0.5, 0.6) is 0 Å². The van der Waals surface area contributed by atoms with Gasteiger partial charge in [0.15, 0.2) is 11.2 Å². The summed E-state index contributed by atoms with van der Waals surface area (Å²) in [5.41, 5.74) is -0.238. The minimum Gasteiger partial charge on any atom is -0.465 e. The van der Waals surface area contributed by atoms with Gasteiger partial charge in [-0.05, 0) is 29.3 Å². The van der Waals surface area contributed by atoms with Crippen molar-refractivity contribution in [1.82, 2.24) is 0 Å². The van der Waals surface area contributed by atoms with Crippen molar-refractivity contribution < 1.29 is 14.3 Å². The molecule has 1 aliphatic heterocycles. The van der Waals surface area contributed by atoms with Gasteiger partial charge >= 0.3 is 5.97 Å². The number of ether oxygens (including phenoxy) is 1. The molecule has 1 aromatic heterocycles. The molecule has 0 spiro atoms. The molecule has 1 atom stereocenters. The molecule has 0 radical (unpaired) electrons. The fourth-order valence-corrected chi connectivity index (χ4v) is 2.54. The molecule has 2 heterocycles. The molecule has 0 aliphatic carbocycles. The molecule has 0 aromatic carbocycles. The van der Waals surface area contributed by atoms with Crippen molar-refractivity contribution >= 4 is 23.1 Å². The van der Waals surface area contributed by atoms with E-state index in [9.17, 15) is 9.59 Å². The summed E-state index contributed by atoms with van der Waals surface area (Å²) in [6.45, 7) is 1.79. The summed E-state index contributed by atoms with van der Waals surface area (Å²) in [6, 6.07) is 1.82. The van der Waals surface area contributed by atoms with Crippen molar-refractivity contribution in [3.8, 4) is 0 Å². The van der Waals surface area contributed by atoms with Gasteiger partial charge in [-0.25, -0.2) is 0 Å². The second-order valence-corrected chi connectivity index (χ2v) is 4.14. The van der Waals surface area contributed by atoms with Crippen molar-refractivity contribution in [3.05, 3.63) is 22.4 Å². The zero-order valence-electron chi connectivity index (χ0n) is 7.78. The quantitative estimate of drug-likeness (QED) is 0.549. The van der Waals surface area contributed by atoms with Gasteiger partial charge in [-0.15, -0.1) is 0 Å². The van der Waals surface area contributed by atoms with E-state index in [1.165, 1.54) is 18.3 Å². The number of Topliss-reactive ketones (excluding diaryl/α,β-unsaturated/α-hetero) is 1. The third-order valence-electron chi connectivity index (χ3n) is 2.67. The molecule has 14 heavy (non-hydrogen) atoms. The molecule has 0 N–H and O–H groups in total. The minimum atomic E-state index is -1.01. The molecular formula is C10H10O3S. The summed E-state index contributed by atoms with van der Waals surface area (Å²) in [5, 5.41) is 3.71. The Hall–Kier alpha value is -1.16. The van der Waals surface area contributed by atoms with Crippen LogP contribution in [-0.4, -0.2) is 18.4 Å². The van der Waals surface area contributed by atoms with Gasteiger partial charge in [-0.3, -0.25) is 9.59 Å². The van der Waals surface area contributed by atoms with Crippen LogP contribution in [0.15, 0.2) is 16.8 Å². The number of hydrogen-bond donors (Lipinski definition) is 0. The maximum Gasteiger partial charge on any atom is 0.324 e. The van der Waals surface area contributed by atoms with Gasteiger partial charge in [0.2, 0.25) is 0 Å². The van der Waals surface area contributed by atoms with Crippen LogP contribution in [-0.2, 0) is 19.7 Å². The number of esters is 1. The van der Waals surface area contributed by atoms with Crippen molar-refractivity contribution in [1.29, 1.82) is 0 Å². The van der Waals surface area contributed by atoms with E-state index in [0.29, 0.717) is 13.0 Å². The van der Waals surface area contributed by atoms with Gasteiger partial charge in [-0.1, -0.05) is 0 Å². The van der Waals surface area contributed by atoms with E-state index in [2.05, 4.69) is 0 Å². The first kappa shape index (κ1) is 9.40. The number of ketones is 1. The van der Waals surface area contributed by atoms with E-state index in [1.807, 2.05) is 16.8 Å². The molecule has 0 bridgehead atoms. The second-order valence-electron chi connectivity index (χ2n) is 3.36. The van der Waals surface area contributed by atoms with E-state index in [1.54, 1.807) is 0 Å². The first-order valence-electron chi connectivity index (χ1n) is 4.39. The number of carbonyl (C=O) groups excluding carboxylic acids is 2.